The van der Waals surface area contributed by atoms with Gasteiger partial charge in [-0.2, -0.15) is 0 Å². The van der Waals surface area contributed by atoms with Crippen LogP contribution in [0.5, 0.6) is 0 Å². The minimum absolute atomic E-state index is 0.137. The van der Waals surface area contributed by atoms with E-state index in [1.54, 1.807) is 6.92 Å². The minimum atomic E-state index is -0.720. The zero-order chi connectivity index (χ0) is 17.4. The van der Waals surface area contributed by atoms with Crippen LogP contribution in [0.3, 0.4) is 0 Å². The molecule has 0 unspecified atom stereocenters. The number of fused-ring (bicyclic) bond motifs is 1. The zero-order valence-corrected chi connectivity index (χ0v) is 14.8. The number of ether oxygens (including phenoxy) is 1. The van der Waals surface area contributed by atoms with Crippen LogP contribution in [0.2, 0.25) is 0 Å². The molecule has 0 amide bonds. The molecule has 4 nitrogen and oxygen atoms in total. The number of rotatable bonds is 4. The van der Waals surface area contributed by atoms with Gasteiger partial charge in [-0.15, -0.1) is 0 Å². The SMILES string of the molecule is C=C1[C@@H](OC(=O)C(C)C)CC[C@@]2(C)CC[C@H]([C@H](C)C(=O)O)C[C@H]12. The fraction of sp³-hybridized carbons (Fsp3) is 0.789. The molecule has 0 aromatic rings. The lowest BCUT2D eigenvalue weighted by atomic mass is 9.55. The third-order valence-corrected chi connectivity index (χ3v) is 6.13. The highest BCUT2D eigenvalue weighted by atomic mass is 16.5. The molecule has 5 atom stereocenters. The molecule has 0 bridgehead atoms. The van der Waals surface area contributed by atoms with E-state index in [0.29, 0.717) is 0 Å². The van der Waals surface area contributed by atoms with E-state index in [2.05, 4.69) is 13.5 Å². The highest BCUT2D eigenvalue weighted by Crippen LogP contribution is 2.55. The van der Waals surface area contributed by atoms with Crippen LogP contribution < -0.4 is 0 Å². The third-order valence-electron chi connectivity index (χ3n) is 6.13. The van der Waals surface area contributed by atoms with Crippen molar-refractivity contribution in [1.29, 1.82) is 0 Å². The van der Waals surface area contributed by atoms with E-state index < -0.39 is 5.97 Å². The van der Waals surface area contributed by atoms with E-state index in [0.717, 1.165) is 37.7 Å². The minimum Gasteiger partial charge on any atom is -0.481 e. The number of hydrogen-bond donors (Lipinski definition) is 1. The molecule has 2 rings (SSSR count). The maximum absolute atomic E-state index is 11.9. The van der Waals surface area contributed by atoms with Crippen LogP contribution in [-0.2, 0) is 14.3 Å². The quantitative estimate of drug-likeness (QED) is 0.626. The Hall–Kier alpha value is -1.32. The first-order valence-electron chi connectivity index (χ1n) is 8.77. The second-order valence-electron chi connectivity index (χ2n) is 8.06. The maximum atomic E-state index is 11.9. The van der Waals surface area contributed by atoms with Crippen molar-refractivity contribution >= 4 is 11.9 Å². The largest absolute Gasteiger partial charge is 0.481 e. The number of aliphatic carboxylic acids is 1. The molecular formula is C19H30O4. The van der Waals surface area contributed by atoms with Crippen molar-refractivity contribution in [2.24, 2.45) is 29.1 Å². The van der Waals surface area contributed by atoms with Gasteiger partial charge in [-0.3, -0.25) is 9.59 Å². The Labute approximate surface area is 139 Å². The van der Waals surface area contributed by atoms with Crippen LogP contribution in [0.15, 0.2) is 12.2 Å². The van der Waals surface area contributed by atoms with Crippen molar-refractivity contribution < 1.29 is 19.4 Å². The first-order chi connectivity index (χ1) is 10.7. The Morgan fingerprint density at radius 3 is 2.43 bits per heavy atom. The summed E-state index contributed by atoms with van der Waals surface area (Å²) in [6, 6.07) is 0. The number of carbonyl (C=O) groups excluding carboxylic acids is 1. The molecule has 23 heavy (non-hydrogen) atoms. The first kappa shape index (κ1) is 18.0. The van der Waals surface area contributed by atoms with E-state index in [1.807, 2.05) is 13.8 Å². The standard InChI is InChI=1S/C19H30O4/c1-11(2)18(22)23-16-7-9-19(5)8-6-14(12(3)17(20)21)10-15(19)13(16)4/h11-12,14-16H,4,6-10H2,1-3,5H3,(H,20,21)/t12-,14-,15+,16-,19+/m0/s1. The molecule has 0 aromatic heterocycles. The Kier molecular flexibility index (Phi) is 5.22. The lowest BCUT2D eigenvalue weighted by molar-refractivity contribution is -0.154. The van der Waals surface area contributed by atoms with Crippen molar-refractivity contribution in [2.75, 3.05) is 0 Å². The predicted octanol–water partition coefficient (Wildman–Crippen LogP) is 4.05. The Bertz CT molecular complexity index is 496. The molecule has 2 aliphatic carbocycles. The highest BCUT2D eigenvalue weighted by Gasteiger charge is 2.48. The van der Waals surface area contributed by atoms with Crippen molar-refractivity contribution in [3.63, 3.8) is 0 Å². The van der Waals surface area contributed by atoms with E-state index in [4.69, 9.17) is 4.74 Å². The van der Waals surface area contributed by atoms with Crippen LogP contribution >= 0.6 is 0 Å². The van der Waals surface area contributed by atoms with Gasteiger partial charge in [-0.25, -0.2) is 0 Å². The van der Waals surface area contributed by atoms with Gasteiger partial charge in [0.2, 0.25) is 0 Å². The van der Waals surface area contributed by atoms with Crippen molar-refractivity contribution in [2.45, 2.75) is 65.9 Å². The average Bonchev–Trinajstić information content (AvgIpc) is 2.49. The summed E-state index contributed by atoms with van der Waals surface area (Å²) >= 11 is 0. The summed E-state index contributed by atoms with van der Waals surface area (Å²) in [7, 11) is 0. The van der Waals surface area contributed by atoms with Gasteiger partial charge in [0.1, 0.15) is 6.10 Å². The highest BCUT2D eigenvalue weighted by molar-refractivity contribution is 5.72. The van der Waals surface area contributed by atoms with Crippen molar-refractivity contribution in [3.05, 3.63) is 12.2 Å². The third kappa shape index (κ3) is 3.61. The zero-order valence-electron chi connectivity index (χ0n) is 14.8. The molecule has 2 aliphatic rings. The summed E-state index contributed by atoms with van der Waals surface area (Å²) in [5.41, 5.74) is 1.17. The molecule has 130 valence electrons. The maximum Gasteiger partial charge on any atom is 0.308 e. The van der Waals surface area contributed by atoms with E-state index in [1.165, 1.54) is 0 Å². The van der Waals surface area contributed by atoms with Gasteiger partial charge in [0, 0.05) is 0 Å². The van der Waals surface area contributed by atoms with E-state index in [9.17, 15) is 14.7 Å². The number of carboxylic acid groups (broad SMARTS) is 1. The molecule has 2 fully saturated rings. The summed E-state index contributed by atoms with van der Waals surface area (Å²) in [6.07, 6.45) is 4.48. The van der Waals surface area contributed by atoms with Crippen LogP contribution in [0.25, 0.3) is 0 Å². The molecule has 0 saturated heterocycles. The average molecular weight is 322 g/mol. The second kappa shape index (κ2) is 6.66. The van der Waals surface area contributed by atoms with Gasteiger partial charge < -0.3 is 9.84 Å². The molecule has 4 heteroatoms. The first-order valence-corrected chi connectivity index (χ1v) is 8.77. The summed E-state index contributed by atoms with van der Waals surface area (Å²) in [5.74, 6) is -0.925. The lowest BCUT2D eigenvalue weighted by Gasteiger charge is -2.51. The van der Waals surface area contributed by atoms with Gasteiger partial charge >= 0.3 is 11.9 Å². The molecule has 0 aliphatic heterocycles. The van der Waals surface area contributed by atoms with Crippen LogP contribution in [0.1, 0.15) is 59.8 Å². The summed E-state index contributed by atoms with van der Waals surface area (Å²) < 4.78 is 5.65. The molecule has 0 heterocycles. The summed E-state index contributed by atoms with van der Waals surface area (Å²) in [6.45, 7) is 12.0. The number of carboxylic acids is 1. The molecule has 0 radical (unpaired) electrons. The van der Waals surface area contributed by atoms with Crippen LogP contribution in [0.4, 0.5) is 0 Å². The van der Waals surface area contributed by atoms with Gasteiger partial charge in [-0.05, 0) is 54.9 Å². The van der Waals surface area contributed by atoms with E-state index >= 15 is 0 Å². The lowest BCUT2D eigenvalue weighted by Crippen LogP contribution is -2.45. The van der Waals surface area contributed by atoms with Gasteiger partial charge in [0.25, 0.3) is 0 Å². The Morgan fingerprint density at radius 1 is 1.26 bits per heavy atom. The topological polar surface area (TPSA) is 63.6 Å². The van der Waals surface area contributed by atoms with Crippen LogP contribution in [0, 0.1) is 29.1 Å². The molecule has 0 spiro atoms. The molecule has 0 aromatic carbocycles. The van der Waals surface area contributed by atoms with Crippen LogP contribution in [-0.4, -0.2) is 23.1 Å². The molecular weight excluding hydrogens is 292 g/mol. The molecule has 1 N–H and O–H groups in total. The van der Waals surface area contributed by atoms with Gasteiger partial charge in [0.05, 0.1) is 11.8 Å². The van der Waals surface area contributed by atoms with Crippen molar-refractivity contribution in [1.82, 2.24) is 0 Å². The number of esters is 1. The van der Waals surface area contributed by atoms with E-state index in [-0.39, 0.29) is 41.2 Å². The second-order valence-corrected chi connectivity index (χ2v) is 8.06. The van der Waals surface area contributed by atoms with Gasteiger partial charge in [0.15, 0.2) is 0 Å². The fourth-order valence-corrected chi connectivity index (χ4v) is 4.23. The number of carbonyl (C=O) groups is 2. The van der Waals surface area contributed by atoms with Gasteiger partial charge in [-0.1, -0.05) is 34.3 Å². The Morgan fingerprint density at radius 2 is 1.87 bits per heavy atom. The number of hydrogen-bond acceptors (Lipinski definition) is 3. The smallest absolute Gasteiger partial charge is 0.308 e. The van der Waals surface area contributed by atoms with Crippen molar-refractivity contribution in [3.8, 4) is 0 Å². The summed E-state index contributed by atoms with van der Waals surface area (Å²) in [4.78, 5) is 23.2. The monoisotopic (exact) mass is 322 g/mol. The Balaban J connectivity index is 2.11. The fourth-order valence-electron chi connectivity index (χ4n) is 4.23. The predicted molar refractivity (Wildman–Crippen MR) is 88.8 cm³/mol. The molecule has 2 saturated carbocycles. The summed E-state index contributed by atoms with van der Waals surface area (Å²) in [5, 5.41) is 9.30. The normalized spacial score (nSPS) is 35.5.